The Labute approximate surface area is 120 Å². The van der Waals surface area contributed by atoms with Crippen molar-refractivity contribution < 1.29 is 4.74 Å². The van der Waals surface area contributed by atoms with Crippen LogP contribution >= 0.6 is 15.9 Å². The summed E-state index contributed by atoms with van der Waals surface area (Å²) in [6.45, 7) is 3.52. The monoisotopic (exact) mass is 321 g/mol. The molecule has 1 atom stereocenters. The van der Waals surface area contributed by atoms with Gasteiger partial charge in [0, 0.05) is 36.0 Å². The zero-order chi connectivity index (χ0) is 13.1. The second-order valence-electron chi connectivity index (χ2n) is 4.69. The molecule has 1 saturated heterocycles. The van der Waals surface area contributed by atoms with Crippen LogP contribution in [0, 0.1) is 0 Å². The van der Waals surface area contributed by atoms with Crippen LogP contribution in [0.4, 0.5) is 0 Å². The lowest BCUT2D eigenvalue weighted by atomic mass is 10.1. The molecule has 5 heteroatoms. The van der Waals surface area contributed by atoms with Gasteiger partial charge in [-0.15, -0.1) is 0 Å². The molecule has 0 bridgehead atoms. The molecule has 1 aliphatic rings. The van der Waals surface area contributed by atoms with Gasteiger partial charge in [-0.1, -0.05) is 34.1 Å². The van der Waals surface area contributed by atoms with Crippen molar-refractivity contribution in [1.82, 2.24) is 14.9 Å². The number of H-pyrrole nitrogens is 1. The minimum atomic E-state index is 0.132. The summed E-state index contributed by atoms with van der Waals surface area (Å²) < 4.78 is 7.01. The van der Waals surface area contributed by atoms with Gasteiger partial charge in [-0.25, -0.2) is 4.98 Å². The van der Waals surface area contributed by atoms with E-state index in [2.05, 4.69) is 49.0 Å². The molecule has 0 spiro atoms. The third kappa shape index (κ3) is 3.05. The summed E-state index contributed by atoms with van der Waals surface area (Å²) in [7, 11) is 0. The van der Waals surface area contributed by atoms with Gasteiger partial charge in [-0.3, -0.25) is 4.90 Å². The van der Waals surface area contributed by atoms with E-state index in [1.165, 1.54) is 5.56 Å². The number of ether oxygens (including phenoxy) is 1. The molecule has 1 fully saturated rings. The van der Waals surface area contributed by atoms with Crippen LogP contribution in [-0.4, -0.2) is 34.6 Å². The molecular formula is C14H16BrN3O. The summed E-state index contributed by atoms with van der Waals surface area (Å²) in [6.07, 6.45) is 3.73. The molecule has 0 saturated carbocycles. The largest absolute Gasteiger partial charge is 0.371 e. The van der Waals surface area contributed by atoms with E-state index in [0.717, 1.165) is 36.4 Å². The quantitative estimate of drug-likeness (QED) is 0.945. The highest BCUT2D eigenvalue weighted by Gasteiger charge is 2.23. The van der Waals surface area contributed by atoms with E-state index in [-0.39, 0.29) is 6.10 Å². The maximum atomic E-state index is 5.90. The van der Waals surface area contributed by atoms with E-state index in [9.17, 15) is 0 Å². The lowest BCUT2D eigenvalue weighted by Gasteiger charge is -2.33. The predicted molar refractivity (Wildman–Crippen MR) is 76.7 cm³/mol. The molecule has 0 radical (unpaired) electrons. The minimum Gasteiger partial charge on any atom is -0.371 e. The van der Waals surface area contributed by atoms with Crippen molar-refractivity contribution in [3.05, 3.63) is 52.5 Å². The normalized spacial score (nSPS) is 20.6. The van der Waals surface area contributed by atoms with E-state index in [1.807, 2.05) is 12.3 Å². The first-order valence-corrected chi connectivity index (χ1v) is 7.18. The highest BCUT2D eigenvalue weighted by Crippen LogP contribution is 2.28. The highest BCUT2D eigenvalue weighted by molar-refractivity contribution is 9.10. The van der Waals surface area contributed by atoms with Crippen molar-refractivity contribution in [2.45, 2.75) is 12.6 Å². The van der Waals surface area contributed by atoms with Gasteiger partial charge >= 0.3 is 0 Å². The Morgan fingerprint density at radius 2 is 2.32 bits per heavy atom. The summed E-state index contributed by atoms with van der Waals surface area (Å²) in [5.41, 5.74) is 2.37. The lowest BCUT2D eigenvalue weighted by Crippen LogP contribution is -2.38. The van der Waals surface area contributed by atoms with Crippen molar-refractivity contribution in [2.24, 2.45) is 0 Å². The van der Waals surface area contributed by atoms with Crippen molar-refractivity contribution in [1.29, 1.82) is 0 Å². The Bertz CT molecular complexity index is 529. The van der Waals surface area contributed by atoms with Gasteiger partial charge < -0.3 is 9.72 Å². The number of aromatic nitrogens is 2. The fourth-order valence-corrected chi connectivity index (χ4v) is 2.92. The first-order valence-electron chi connectivity index (χ1n) is 6.38. The fraction of sp³-hybridized carbons (Fsp3) is 0.357. The number of nitrogens with zero attached hydrogens (tertiary/aromatic N) is 2. The first kappa shape index (κ1) is 12.8. The zero-order valence-corrected chi connectivity index (χ0v) is 12.1. The molecule has 0 aliphatic carbocycles. The Hall–Kier alpha value is -1.17. The van der Waals surface area contributed by atoms with E-state index in [4.69, 9.17) is 4.74 Å². The predicted octanol–water partition coefficient (Wildman–Crippen LogP) is 2.75. The molecule has 4 nitrogen and oxygen atoms in total. The SMILES string of the molecule is Brc1ccccc1[C@@H]1CN(Cc2cnc[nH]2)CCO1. The molecule has 0 unspecified atom stereocenters. The third-order valence-electron chi connectivity index (χ3n) is 3.35. The third-order valence-corrected chi connectivity index (χ3v) is 4.07. The number of rotatable bonds is 3. The molecule has 3 rings (SSSR count). The van der Waals surface area contributed by atoms with Gasteiger partial charge in [-0.05, 0) is 11.6 Å². The summed E-state index contributed by atoms with van der Waals surface area (Å²) >= 11 is 3.60. The summed E-state index contributed by atoms with van der Waals surface area (Å²) in [4.78, 5) is 9.60. The Morgan fingerprint density at radius 3 is 3.11 bits per heavy atom. The van der Waals surface area contributed by atoms with Gasteiger partial charge in [0.2, 0.25) is 0 Å². The Kier molecular flexibility index (Phi) is 3.96. The molecule has 2 aromatic rings. The van der Waals surface area contributed by atoms with E-state index in [0.29, 0.717) is 0 Å². The minimum absolute atomic E-state index is 0.132. The number of morpholine rings is 1. The van der Waals surface area contributed by atoms with Crippen molar-refractivity contribution >= 4 is 15.9 Å². The number of benzene rings is 1. The van der Waals surface area contributed by atoms with Crippen LogP contribution in [0.5, 0.6) is 0 Å². The molecule has 2 heterocycles. The average molecular weight is 322 g/mol. The van der Waals surface area contributed by atoms with Crippen LogP contribution in [0.2, 0.25) is 0 Å². The smallest absolute Gasteiger partial charge is 0.0963 e. The Morgan fingerprint density at radius 1 is 1.42 bits per heavy atom. The van der Waals surface area contributed by atoms with Gasteiger partial charge in [0.1, 0.15) is 0 Å². The van der Waals surface area contributed by atoms with Gasteiger partial charge in [-0.2, -0.15) is 0 Å². The van der Waals surface area contributed by atoms with Crippen LogP contribution in [0.15, 0.2) is 41.3 Å². The van der Waals surface area contributed by atoms with E-state index >= 15 is 0 Å². The van der Waals surface area contributed by atoms with Crippen LogP contribution in [0.1, 0.15) is 17.4 Å². The molecule has 100 valence electrons. The summed E-state index contributed by atoms with van der Waals surface area (Å²) in [5, 5.41) is 0. The van der Waals surface area contributed by atoms with Gasteiger partial charge in [0.05, 0.1) is 19.0 Å². The van der Waals surface area contributed by atoms with E-state index < -0.39 is 0 Å². The summed E-state index contributed by atoms with van der Waals surface area (Å²) in [6, 6.07) is 8.26. The first-order chi connectivity index (χ1) is 9.33. The molecule has 0 amide bonds. The Balaban J connectivity index is 1.70. The number of imidazole rings is 1. The lowest BCUT2D eigenvalue weighted by molar-refractivity contribution is -0.0335. The number of nitrogens with one attached hydrogen (secondary N) is 1. The maximum Gasteiger partial charge on any atom is 0.0963 e. The fourth-order valence-electron chi connectivity index (χ4n) is 2.38. The van der Waals surface area contributed by atoms with Crippen LogP contribution in [0.3, 0.4) is 0 Å². The highest BCUT2D eigenvalue weighted by atomic mass is 79.9. The van der Waals surface area contributed by atoms with Crippen LogP contribution in [0.25, 0.3) is 0 Å². The topological polar surface area (TPSA) is 41.2 Å². The average Bonchev–Trinajstić information content (AvgIpc) is 2.92. The number of hydrogen-bond donors (Lipinski definition) is 1. The van der Waals surface area contributed by atoms with Gasteiger partial charge in [0.15, 0.2) is 0 Å². The van der Waals surface area contributed by atoms with Gasteiger partial charge in [0.25, 0.3) is 0 Å². The zero-order valence-electron chi connectivity index (χ0n) is 10.6. The number of hydrogen-bond acceptors (Lipinski definition) is 3. The second kappa shape index (κ2) is 5.86. The maximum absolute atomic E-state index is 5.90. The van der Waals surface area contributed by atoms with Crippen LogP contribution < -0.4 is 0 Å². The van der Waals surface area contributed by atoms with Crippen LogP contribution in [-0.2, 0) is 11.3 Å². The number of halogens is 1. The molecule has 1 aliphatic heterocycles. The second-order valence-corrected chi connectivity index (χ2v) is 5.55. The molecule has 1 aromatic carbocycles. The molecule has 19 heavy (non-hydrogen) atoms. The van der Waals surface area contributed by atoms with E-state index in [1.54, 1.807) is 6.33 Å². The van der Waals surface area contributed by atoms with Crippen molar-refractivity contribution in [2.75, 3.05) is 19.7 Å². The molecule has 1 aromatic heterocycles. The van der Waals surface area contributed by atoms with Crippen molar-refractivity contribution in [3.63, 3.8) is 0 Å². The standard InChI is InChI=1S/C14H16BrN3O/c15-13-4-2-1-3-12(13)14-9-18(5-6-19-14)8-11-7-16-10-17-11/h1-4,7,10,14H,5-6,8-9H2,(H,16,17)/t14-/m0/s1. The molecule has 1 N–H and O–H groups in total. The number of aromatic amines is 1. The van der Waals surface area contributed by atoms with Crippen molar-refractivity contribution in [3.8, 4) is 0 Å². The molecular weight excluding hydrogens is 306 g/mol. The summed E-state index contributed by atoms with van der Waals surface area (Å²) in [5.74, 6) is 0.